The molecule has 1 aliphatic carbocycles. The van der Waals surface area contributed by atoms with Gasteiger partial charge in [0.25, 0.3) is 0 Å². The zero-order chi connectivity index (χ0) is 19.7. The van der Waals surface area contributed by atoms with Crippen LogP contribution in [0.2, 0.25) is 0 Å². The van der Waals surface area contributed by atoms with E-state index in [2.05, 4.69) is 0 Å². The smallest absolute Gasteiger partial charge is 0.343 e. The van der Waals surface area contributed by atoms with Crippen molar-refractivity contribution < 1.29 is 23.9 Å². The fraction of sp³-hybridized carbons (Fsp3) is 0.318. The first kappa shape index (κ1) is 18.2. The molecule has 0 aromatic heterocycles. The highest BCUT2D eigenvalue weighted by molar-refractivity contribution is 6.22. The van der Waals surface area contributed by atoms with Crippen molar-refractivity contribution >= 4 is 23.5 Å². The lowest BCUT2D eigenvalue weighted by Crippen LogP contribution is -2.30. The van der Waals surface area contributed by atoms with Crippen LogP contribution in [0.1, 0.15) is 36.0 Å². The molecule has 1 saturated carbocycles. The maximum Gasteiger partial charge on any atom is 0.343 e. The molecular weight excluding hydrogens is 358 g/mol. The number of rotatable bonds is 4. The molecule has 2 aromatic rings. The van der Waals surface area contributed by atoms with Crippen LogP contribution >= 0.6 is 0 Å². The Bertz CT molecular complexity index is 914. The number of methoxy groups -OCH3 is 1. The predicted octanol–water partition coefficient (Wildman–Crippen LogP) is 3.59. The number of amides is 2. The molecule has 0 bridgehead atoms. The van der Waals surface area contributed by atoms with E-state index < -0.39 is 5.97 Å². The summed E-state index contributed by atoms with van der Waals surface area (Å²) in [6.45, 7) is 0. The number of nitrogens with zero attached hydrogens (tertiary/aromatic N) is 1. The zero-order valence-electron chi connectivity index (χ0n) is 15.6. The van der Waals surface area contributed by atoms with Gasteiger partial charge in [0.2, 0.25) is 11.8 Å². The van der Waals surface area contributed by atoms with Gasteiger partial charge in [-0.2, -0.15) is 0 Å². The topological polar surface area (TPSA) is 72.9 Å². The van der Waals surface area contributed by atoms with Crippen molar-refractivity contribution in [3.05, 3.63) is 54.1 Å². The van der Waals surface area contributed by atoms with Gasteiger partial charge in [-0.1, -0.05) is 25.0 Å². The number of hydrogen-bond acceptors (Lipinski definition) is 5. The molecule has 1 aliphatic heterocycles. The Hall–Kier alpha value is -3.15. The molecule has 2 aliphatic rings. The summed E-state index contributed by atoms with van der Waals surface area (Å²) in [6, 6.07) is 13.2. The highest BCUT2D eigenvalue weighted by Crippen LogP contribution is 2.40. The molecule has 1 heterocycles. The van der Waals surface area contributed by atoms with Crippen molar-refractivity contribution in [2.75, 3.05) is 12.0 Å². The fourth-order valence-electron chi connectivity index (χ4n) is 4.02. The Morgan fingerprint density at radius 2 is 1.57 bits per heavy atom. The highest BCUT2D eigenvalue weighted by atomic mass is 16.5. The molecule has 2 aromatic carbocycles. The van der Waals surface area contributed by atoms with Gasteiger partial charge in [0.05, 0.1) is 30.2 Å². The molecule has 4 rings (SSSR count). The van der Waals surface area contributed by atoms with E-state index in [9.17, 15) is 14.4 Å². The summed E-state index contributed by atoms with van der Waals surface area (Å²) in [5.41, 5.74) is 0.796. The first-order chi connectivity index (χ1) is 13.6. The van der Waals surface area contributed by atoms with Crippen LogP contribution in [0.5, 0.6) is 11.5 Å². The van der Waals surface area contributed by atoms with Gasteiger partial charge < -0.3 is 9.47 Å². The number of benzene rings is 2. The van der Waals surface area contributed by atoms with Crippen LogP contribution in [0, 0.1) is 11.8 Å². The Labute approximate surface area is 163 Å². The predicted molar refractivity (Wildman–Crippen MR) is 102 cm³/mol. The average molecular weight is 379 g/mol. The number of ether oxygens (including phenoxy) is 2. The number of hydrogen-bond donors (Lipinski definition) is 0. The van der Waals surface area contributed by atoms with Crippen molar-refractivity contribution in [3.63, 3.8) is 0 Å². The first-order valence-electron chi connectivity index (χ1n) is 9.42. The standard InChI is InChI=1S/C22H21NO5/c1-27-16-8-4-6-14(12-16)22(26)28-17-9-5-7-15(13-17)23-20(24)18-10-2-3-11-19(18)21(23)25/h4-9,12-13,18-19H,2-3,10-11H2,1H3/t18-,19+. The number of esters is 1. The molecule has 2 amide bonds. The quantitative estimate of drug-likeness (QED) is 0.461. The second kappa shape index (κ2) is 7.46. The van der Waals surface area contributed by atoms with Crippen LogP contribution < -0.4 is 14.4 Å². The summed E-state index contributed by atoms with van der Waals surface area (Å²) < 4.78 is 10.6. The number of imide groups is 1. The number of carbonyl (C=O) groups is 3. The summed E-state index contributed by atoms with van der Waals surface area (Å²) in [4.78, 5) is 39.2. The molecule has 2 atom stereocenters. The van der Waals surface area contributed by atoms with E-state index in [-0.39, 0.29) is 29.4 Å². The molecule has 1 saturated heterocycles. The van der Waals surface area contributed by atoms with Crippen molar-refractivity contribution in [1.29, 1.82) is 0 Å². The maximum atomic E-state index is 12.8. The van der Waals surface area contributed by atoms with Crippen LogP contribution in [-0.2, 0) is 9.59 Å². The van der Waals surface area contributed by atoms with Gasteiger partial charge in [-0.15, -0.1) is 0 Å². The SMILES string of the molecule is COc1cccc(C(=O)Oc2cccc(N3C(=O)[C@H]4CCCC[C@H]4C3=O)c2)c1. The fourth-order valence-corrected chi connectivity index (χ4v) is 4.02. The maximum absolute atomic E-state index is 12.8. The van der Waals surface area contributed by atoms with Crippen molar-refractivity contribution in [2.45, 2.75) is 25.7 Å². The number of anilines is 1. The Morgan fingerprint density at radius 1 is 0.929 bits per heavy atom. The largest absolute Gasteiger partial charge is 0.497 e. The molecule has 0 radical (unpaired) electrons. The minimum absolute atomic E-state index is 0.147. The number of carbonyl (C=O) groups excluding carboxylic acids is 3. The summed E-state index contributed by atoms with van der Waals surface area (Å²) in [6.07, 6.45) is 3.48. The molecule has 144 valence electrons. The molecule has 2 fully saturated rings. The van der Waals surface area contributed by atoms with Gasteiger partial charge in [-0.05, 0) is 43.2 Å². The molecule has 6 nitrogen and oxygen atoms in total. The van der Waals surface area contributed by atoms with Crippen LogP contribution in [-0.4, -0.2) is 24.9 Å². The van der Waals surface area contributed by atoms with Crippen molar-refractivity contribution in [2.24, 2.45) is 11.8 Å². The van der Waals surface area contributed by atoms with Crippen LogP contribution in [0.15, 0.2) is 48.5 Å². The molecule has 28 heavy (non-hydrogen) atoms. The normalized spacial score (nSPS) is 21.4. The molecular formula is C22H21NO5. The van der Waals surface area contributed by atoms with Crippen LogP contribution in [0.25, 0.3) is 0 Å². The zero-order valence-corrected chi connectivity index (χ0v) is 15.6. The third-order valence-corrected chi connectivity index (χ3v) is 5.43. The Morgan fingerprint density at radius 3 is 2.25 bits per heavy atom. The van der Waals surface area contributed by atoms with Crippen molar-refractivity contribution in [1.82, 2.24) is 0 Å². The summed E-state index contributed by atoms with van der Waals surface area (Å²) in [5, 5.41) is 0. The van der Waals surface area contributed by atoms with E-state index in [0.717, 1.165) is 25.7 Å². The van der Waals surface area contributed by atoms with E-state index in [0.29, 0.717) is 17.0 Å². The second-order valence-corrected chi connectivity index (χ2v) is 7.13. The van der Waals surface area contributed by atoms with Gasteiger partial charge in [-0.25, -0.2) is 9.69 Å². The van der Waals surface area contributed by atoms with Crippen molar-refractivity contribution in [3.8, 4) is 11.5 Å². The average Bonchev–Trinajstić information content (AvgIpc) is 2.99. The third kappa shape index (κ3) is 3.26. The Balaban J connectivity index is 1.55. The van der Waals surface area contributed by atoms with E-state index >= 15 is 0 Å². The lowest BCUT2D eigenvalue weighted by Gasteiger charge is -2.19. The first-order valence-corrected chi connectivity index (χ1v) is 9.42. The lowest BCUT2D eigenvalue weighted by molar-refractivity contribution is -0.122. The molecule has 0 spiro atoms. The summed E-state index contributed by atoms with van der Waals surface area (Å²) in [5.74, 6) is -0.436. The van der Waals surface area contributed by atoms with Gasteiger partial charge in [0.1, 0.15) is 11.5 Å². The van der Waals surface area contributed by atoms with Crippen LogP contribution in [0.3, 0.4) is 0 Å². The van der Waals surface area contributed by atoms with Gasteiger partial charge in [0.15, 0.2) is 0 Å². The minimum Gasteiger partial charge on any atom is -0.497 e. The molecule has 6 heteroatoms. The van der Waals surface area contributed by atoms with Crippen LogP contribution in [0.4, 0.5) is 5.69 Å². The Kier molecular flexibility index (Phi) is 4.86. The van der Waals surface area contributed by atoms with Gasteiger partial charge >= 0.3 is 5.97 Å². The summed E-state index contributed by atoms with van der Waals surface area (Å²) in [7, 11) is 1.52. The minimum atomic E-state index is -0.538. The van der Waals surface area contributed by atoms with E-state index in [4.69, 9.17) is 9.47 Å². The molecule has 0 unspecified atom stereocenters. The lowest BCUT2D eigenvalue weighted by atomic mass is 9.81. The van der Waals surface area contributed by atoms with E-state index in [1.54, 1.807) is 48.5 Å². The van der Waals surface area contributed by atoms with Gasteiger partial charge in [-0.3, -0.25) is 9.59 Å². The highest BCUT2D eigenvalue weighted by Gasteiger charge is 2.48. The second-order valence-electron chi connectivity index (χ2n) is 7.13. The third-order valence-electron chi connectivity index (χ3n) is 5.43. The van der Waals surface area contributed by atoms with E-state index in [1.807, 2.05) is 0 Å². The number of fused-ring (bicyclic) bond motifs is 1. The summed E-state index contributed by atoms with van der Waals surface area (Å²) >= 11 is 0. The van der Waals surface area contributed by atoms with E-state index in [1.165, 1.54) is 12.0 Å². The monoisotopic (exact) mass is 379 g/mol. The molecule has 0 N–H and O–H groups in total. The van der Waals surface area contributed by atoms with Gasteiger partial charge in [0, 0.05) is 6.07 Å².